The highest BCUT2D eigenvalue weighted by Crippen LogP contribution is 2.71. The molecule has 0 aromatic carbocycles. The molecule has 6 aliphatic rings. The highest BCUT2D eigenvalue weighted by Gasteiger charge is 2.65. The minimum absolute atomic E-state index is 0.660. The largest absolute Gasteiger partial charge is 0.175 e. The van der Waals surface area contributed by atoms with E-state index in [0.29, 0.717) is 5.41 Å². The van der Waals surface area contributed by atoms with E-state index in [-0.39, 0.29) is 0 Å². The maximum Gasteiger partial charge on any atom is 0.0122 e. The van der Waals surface area contributed by atoms with Crippen LogP contribution >= 0.6 is 24.4 Å². The number of fused-ring (bicyclic) bond motifs is 5. The molecule has 0 radical (unpaired) electrons. The van der Waals surface area contributed by atoms with Gasteiger partial charge in [-0.2, -0.15) is 24.4 Å². The number of thiol groups is 1. The molecule has 0 aromatic heterocycles. The first-order valence-electron chi connectivity index (χ1n) is 9.77. The van der Waals surface area contributed by atoms with E-state index in [0.717, 1.165) is 51.3 Å². The van der Waals surface area contributed by atoms with Crippen LogP contribution in [0.2, 0.25) is 0 Å². The monoisotopic (exact) mass is 332 g/mol. The summed E-state index contributed by atoms with van der Waals surface area (Å²) in [4.78, 5) is 0. The van der Waals surface area contributed by atoms with Gasteiger partial charge in [0.1, 0.15) is 0 Å². The van der Waals surface area contributed by atoms with Gasteiger partial charge in [-0.3, -0.25) is 0 Å². The van der Waals surface area contributed by atoms with Gasteiger partial charge in [-0.05, 0) is 92.3 Å². The standard InChI is InChI=1S/C20H28S2/c21-18-5-4-16-11-6-7-20(16,18)19(10-11)22-17-9-12-8-15(17)14-3-1-2-13(12)14/h1-2,11-19,21H,3-10H2/t11?,12?,13?,14?,15?,16?,17?,18?,19-,20?/m1/s1. The third-order valence-corrected chi connectivity index (χ3v) is 11.6. The molecule has 120 valence electrons. The van der Waals surface area contributed by atoms with Crippen molar-refractivity contribution in [2.75, 3.05) is 0 Å². The molecule has 0 aliphatic heterocycles. The molecular weight excluding hydrogens is 304 g/mol. The second-order valence-corrected chi connectivity index (χ2v) is 11.4. The molecule has 0 spiro atoms. The summed E-state index contributed by atoms with van der Waals surface area (Å²) in [6, 6.07) is 0. The molecule has 0 heterocycles. The quantitative estimate of drug-likeness (QED) is 0.536. The first-order valence-corrected chi connectivity index (χ1v) is 11.2. The van der Waals surface area contributed by atoms with Crippen LogP contribution in [0.15, 0.2) is 12.2 Å². The van der Waals surface area contributed by atoms with E-state index >= 15 is 0 Å². The molecule has 2 heteroatoms. The van der Waals surface area contributed by atoms with E-state index in [1.807, 2.05) is 0 Å². The van der Waals surface area contributed by atoms with Gasteiger partial charge in [0.2, 0.25) is 0 Å². The average molecular weight is 333 g/mol. The van der Waals surface area contributed by atoms with Crippen LogP contribution in [0.5, 0.6) is 0 Å². The lowest BCUT2D eigenvalue weighted by Crippen LogP contribution is -2.38. The predicted octanol–water partition coefficient (Wildman–Crippen LogP) is 5.20. The average Bonchev–Trinajstić information content (AvgIpc) is 3.27. The highest BCUT2D eigenvalue weighted by atomic mass is 32.2. The summed E-state index contributed by atoms with van der Waals surface area (Å²) in [5.41, 5.74) is 0.660. The van der Waals surface area contributed by atoms with E-state index in [1.54, 1.807) is 19.3 Å². The first-order chi connectivity index (χ1) is 10.8. The van der Waals surface area contributed by atoms with Crippen molar-refractivity contribution in [2.24, 2.45) is 40.9 Å². The van der Waals surface area contributed by atoms with Gasteiger partial charge in [0.05, 0.1) is 0 Å². The number of thioether (sulfide) groups is 1. The fourth-order valence-electron chi connectivity index (χ4n) is 8.22. The van der Waals surface area contributed by atoms with Crippen molar-refractivity contribution >= 4 is 24.4 Å². The molecule has 5 saturated carbocycles. The minimum Gasteiger partial charge on any atom is -0.175 e. The molecule has 5 fully saturated rings. The van der Waals surface area contributed by atoms with Gasteiger partial charge in [0.25, 0.3) is 0 Å². The Morgan fingerprint density at radius 1 is 1.00 bits per heavy atom. The van der Waals surface area contributed by atoms with E-state index in [9.17, 15) is 0 Å². The number of allylic oxidation sites excluding steroid dienone is 2. The normalized spacial score (nSPS) is 63.8. The molecule has 6 rings (SSSR count). The van der Waals surface area contributed by atoms with Gasteiger partial charge in [-0.25, -0.2) is 0 Å². The van der Waals surface area contributed by atoms with Crippen molar-refractivity contribution in [2.45, 2.75) is 67.1 Å². The van der Waals surface area contributed by atoms with Gasteiger partial charge < -0.3 is 0 Å². The Balaban J connectivity index is 1.25. The predicted molar refractivity (Wildman–Crippen MR) is 97.4 cm³/mol. The lowest BCUT2D eigenvalue weighted by molar-refractivity contribution is 0.272. The Hall–Kier alpha value is 0.440. The third kappa shape index (κ3) is 1.51. The van der Waals surface area contributed by atoms with Crippen molar-refractivity contribution < 1.29 is 0 Å². The summed E-state index contributed by atoms with van der Waals surface area (Å²) in [6.45, 7) is 0. The van der Waals surface area contributed by atoms with Crippen molar-refractivity contribution in [1.29, 1.82) is 0 Å². The third-order valence-electron chi connectivity index (χ3n) is 8.98. The van der Waals surface area contributed by atoms with Gasteiger partial charge in [0.15, 0.2) is 0 Å². The highest BCUT2D eigenvalue weighted by molar-refractivity contribution is 8.00. The molecule has 4 bridgehead atoms. The maximum atomic E-state index is 5.11. The summed E-state index contributed by atoms with van der Waals surface area (Å²) < 4.78 is 0. The zero-order chi connectivity index (χ0) is 14.5. The maximum absolute atomic E-state index is 5.11. The Morgan fingerprint density at radius 3 is 2.91 bits per heavy atom. The van der Waals surface area contributed by atoms with Crippen LogP contribution in [-0.4, -0.2) is 15.7 Å². The molecule has 10 atom stereocenters. The van der Waals surface area contributed by atoms with Crippen LogP contribution < -0.4 is 0 Å². The Labute approximate surface area is 144 Å². The van der Waals surface area contributed by atoms with Crippen LogP contribution in [0.1, 0.15) is 51.4 Å². The molecule has 0 saturated heterocycles. The van der Waals surface area contributed by atoms with Crippen LogP contribution in [0.3, 0.4) is 0 Å². The molecular formula is C20H28S2. The second-order valence-electron chi connectivity index (χ2n) is 9.31. The van der Waals surface area contributed by atoms with Gasteiger partial charge >= 0.3 is 0 Å². The van der Waals surface area contributed by atoms with E-state index in [2.05, 4.69) is 23.9 Å². The molecule has 0 N–H and O–H groups in total. The van der Waals surface area contributed by atoms with Gasteiger partial charge in [-0.15, -0.1) is 0 Å². The van der Waals surface area contributed by atoms with E-state index < -0.39 is 0 Å². The van der Waals surface area contributed by atoms with Crippen LogP contribution in [-0.2, 0) is 0 Å². The van der Waals surface area contributed by atoms with Crippen molar-refractivity contribution in [3.8, 4) is 0 Å². The smallest absolute Gasteiger partial charge is 0.0122 e. The summed E-state index contributed by atoms with van der Waals surface area (Å²) in [6.07, 6.45) is 17.1. The molecule has 0 nitrogen and oxygen atoms in total. The molecule has 0 aromatic rings. The molecule has 6 aliphatic carbocycles. The topological polar surface area (TPSA) is 0 Å². The summed E-state index contributed by atoms with van der Waals surface area (Å²) >= 11 is 7.59. The fourth-order valence-corrected chi connectivity index (χ4v) is 11.3. The lowest BCUT2D eigenvalue weighted by atomic mass is 9.80. The van der Waals surface area contributed by atoms with Crippen molar-refractivity contribution in [3.05, 3.63) is 12.2 Å². The number of hydrogen-bond acceptors (Lipinski definition) is 2. The lowest BCUT2D eigenvalue weighted by Gasteiger charge is -2.41. The van der Waals surface area contributed by atoms with Gasteiger partial charge in [-0.1, -0.05) is 12.2 Å². The molecule has 22 heavy (non-hydrogen) atoms. The minimum atomic E-state index is 0.660. The zero-order valence-corrected chi connectivity index (χ0v) is 15.1. The van der Waals surface area contributed by atoms with E-state index in [1.165, 1.54) is 32.1 Å². The second kappa shape index (κ2) is 4.54. The zero-order valence-electron chi connectivity index (χ0n) is 13.4. The Bertz CT molecular complexity index is 528. The van der Waals surface area contributed by atoms with Gasteiger partial charge in [0, 0.05) is 15.7 Å². The van der Waals surface area contributed by atoms with E-state index in [4.69, 9.17) is 12.6 Å². The number of hydrogen-bond donors (Lipinski definition) is 1. The summed E-state index contributed by atoms with van der Waals surface area (Å²) in [5, 5.41) is 2.70. The van der Waals surface area contributed by atoms with Crippen molar-refractivity contribution in [1.82, 2.24) is 0 Å². The summed E-state index contributed by atoms with van der Waals surface area (Å²) in [7, 11) is 0. The number of rotatable bonds is 2. The Morgan fingerprint density at radius 2 is 1.95 bits per heavy atom. The summed E-state index contributed by atoms with van der Waals surface area (Å²) in [5.74, 6) is 6.27. The molecule has 9 unspecified atom stereocenters. The molecule has 0 amide bonds. The van der Waals surface area contributed by atoms with Crippen LogP contribution in [0, 0.1) is 40.9 Å². The first kappa shape index (κ1) is 13.7. The van der Waals surface area contributed by atoms with Crippen LogP contribution in [0.25, 0.3) is 0 Å². The Kier molecular flexibility index (Phi) is 2.82. The fraction of sp³-hybridized carbons (Fsp3) is 0.900. The van der Waals surface area contributed by atoms with Crippen LogP contribution in [0.4, 0.5) is 0 Å². The van der Waals surface area contributed by atoms with Crippen molar-refractivity contribution in [3.63, 3.8) is 0 Å². The SMILES string of the molecule is SC1CCC2C3CCC12[C@H](SC1CC2CC1C1CC=CC21)C3.